The molecule has 2 heterocycles. The zero-order chi connectivity index (χ0) is 7.84. The molecule has 56 valence electrons. The van der Waals surface area contributed by atoms with Crippen molar-refractivity contribution in [3.63, 3.8) is 0 Å². The quantitative estimate of drug-likeness (QED) is 0.562. The molecule has 0 aliphatic rings. The standard InChI is InChI=1S/C6H7N5/c1-3-4-5(9-2-8-3)11-6(7)10-4/h2H,1H3,(H3,7,8,9,10,11). The van der Waals surface area contributed by atoms with Crippen LogP contribution in [-0.2, 0) is 0 Å². The van der Waals surface area contributed by atoms with Gasteiger partial charge in [-0.25, -0.2) is 15.0 Å². The second-order valence-corrected chi connectivity index (χ2v) is 2.28. The number of fused-ring (bicyclic) bond motifs is 1. The van der Waals surface area contributed by atoms with Crippen LogP contribution in [0.2, 0.25) is 0 Å². The maximum Gasteiger partial charge on any atom is 0.199 e. The average Bonchev–Trinajstić information content (AvgIpc) is 2.31. The van der Waals surface area contributed by atoms with Crippen LogP contribution in [0.25, 0.3) is 11.2 Å². The van der Waals surface area contributed by atoms with Gasteiger partial charge in [-0.2, -0.15) is 0 Å². The summed E-state index contributed by atoms with van der Waals surface area (Å²) in [6.07, 6.45) is 1.48. The van der Waals surface area contributed by atoms with E-state index in [9.17, 15) is 0 Å². The van der Waals surface area contributed by atoms with Crippen LogP contribution in [0.15, 0.2) is 6.33 Å². The second kappa shape index (κ2) is 1.91. The van der Waals surface area contributed by atoms with E-state index in [1.807, 2.05) is 6.92 Å². The van der Waals surface area contributed by atoms with Crippen molar-refractivity contribution >= 4 is 17.1 Å². The van der Waals surface area contributed by atoms with Gasteiger partial charge in [0.15, 0.2) is 11.6 Å². The van der Waals surface area contributed by atoms with Crippen LogP contribution < -0.4 is 5.73 Å². The smallest absolute Gasteiger partial charge is 0.199 e. The van der Waals surface area contributed by atoms with Crippen molar-refractivity contribution < 1.29 is 0 Å². The van der Waals surface area contributed by atoms with E-state index in [0.717, 1.165) is 11.2 Å². The number of anilines is 1. The zero-order valence-corrected chi connectivity index (χ0v) is 6.00. The molecular weight excluding hydrogens is 142 g/mol. The Labute approximate surface area is 62.7 Å². The van der Waals surface area contributed by atoms with Gasteiger partial charge in [-0.05, 0) is 6.92 Å². The lowest BCUT2D eigenvalue weighted by Gasteiger charge is -1.88. The molecule has 0 bridgehead atoms. The number of nitrogen functional groups attached to an aromatic ring is 1. The van der Waals surface area contributed by atoms with E-state index in [1.54, 1.807) is 0 Å². The number of imidazole rings is 1. The summed E-state index contributed by atoms with van der Waals surface area (Å²) in [5, 5.41) is 0. The molecule has 0 aromatic carbocycles. The molecule has 5 heteroatoms. The number of nitrogens with two attached hydrogens (primary N) is 1. The van der Waals surface area contributed by atoms with Gasteiger partial charge in [0, 0.05) is 0 Å². The molecule has 0 amide bonds. The van der Waals surface area contributed by atoms with Crippen LogP contribution >= 0.6 is 0 Å². The minimum atomic E-state index is 0.378. The van der Waals surface area contributed by atoms with Crippen molar-refractivity contribution in [1.29, 1.82) is 0 Å². The number of H-pyrrole nitrogens is 1. The van der Waals surface area contributed by atoms with E-state index in [4.69, 9.17) is 5.73 Å². The highest BCUT2D eigenvalue weighted by molar-refractivity contribution is 5.74. The Bertz CT molecular complexity index is 391. The molecule has 2 rings (SSSR count). The topological polar surface area (TPSA) is 80.5 Å². The normalized spacial score (nSPS) is 10.6. The molecule has 0 aliphatic heterocycles. The number of hydrogen-bond acceptors (Lipinski definition) is 4. The fourth-order valence-electron chi connectivity index (χ4n) is 0.962. The largest absolute Gasteiger partial charge is 0.369 e. The number of hydrogen-bond donors (Lipinski definition) is 2. The van der Waals surface area contributed by atoms with Gasteiger partial charge >= 0.3 is 0 Å². The fraction of sp³-hybridized carbons (Fsp3) is 0.167. The van der Waals surface area contributed by atoms with E-state index in [2.05, 4.69) is 19.9 Å². The first-order valence-electron chi connectivity index (χ1n) is 3.20. The monoisotopic (exact) mass is 149 g/mol. The first-order chi connectivity index (χ1) is 5.27. The molecule has 0 aliphatic carbocycles. The van der Waals surface area contributed by atoms with Gasteiger partial charge in [-0.1, -0.05) is 0 Å². The highest BCUT2D eigenvalue weighted by Crippen LogP contribution is 2.10. The van der Waals surface area contributed by atoms with E-state index in [0.29, 0.717) is 11.6 Å². The average molecular weight is 149 g/mol. The van der Waals surface area contributed by atoms with Crippen molar-refractivity contribution in [3.05, 3.63) is 12.0 Å². The Balaban J connectivity index is 2.90. The number of nitrogens with one attached hydrogen (secondary N) is 1. The Morgan fingerprint density at radius 3 is 3.00 bits per heavy atom. The minimum absolute atomic E-state index is 0.378. The van der Waals surface area contributed by atoms with Gasteiger partial charge in [-0.15, -0.1) is 0 Å². The fourth-order valence-corrected chi connectivity index (χ4v) is 0.962. The summed E-state index contributed by atoms with van der Waals surface area (Å²) in [6, 6.07) is 0. The molecule has 5 nitrogen and oxygen atoms in total. The van der Waals surface area contributed by atoms with Gasteiger partial charge in [0.25, 0.3) is 0 Å². The summed E-state index contributed by atoms with van der Waals surface area (Å²) in [4.78, 5) is 14.7. The van der Waals surface area contributed by atoms with E-state index in [1.165, 1.54) is 6.33 Å². The first-order valence-corrected chi connectivity index (χ1v) is 3.20. The predicted octanol–water partition coefficient (Wildman–Crippen LogP) is 0.244. The van der Waals surface area contributed by atoms with Crippen molar-refractivity contribution in [2.45, 2.75) is 6.92 Å². The van der Waals surface area contributed by atoms with Crippen molar-refractivity contribution in [1.82, 2.24) is 19.9 Å². The maximum atomic E-state index is 5.42. The van der Waals surface area contributed by atoms with Gasteiger partial charge in [0.1, 0.15) is 11.8 Å². The minimum Gasteiger partial charge on any atom is -0.369 e. The summed E-state index contributed by atoms with van der Waals surface area (Å²) in [5.74, 6) is 0.378. The summed E-state index contributed by atoms with van der Waals surface area (Å²) in [7, 11) is 0. The molecule has 2 aromatic heterocycles. The van der Waals surface area contributed by atoms with E-state index in [-0.39, 0.29) is 0 Å². The number of aromatic amines is 1. The lowest BCUT2D eigenvalue weighted by molar-refractivity contribution is 1.14. The third-order valence-corrected chi connectivity index (χ3v) is 1.48. The molecule has 11 heavy (non-hydrogen) atoms. The third kappa shape index (κ3) is 0.813. The Morgan fingerprint density at radius 2 is 2.27 bits per heavy atom. The molecule has 0 radical (unpaired) electrons. The summed E-state index contributed by atoms with van der Waals surface area (Å²) in [5.41, 5.74) is 7.69. The van der Waals surface area contributed by atoms with E-state index < -0.39 is 0 Å². The molecular formula is C6H7N5. The third-order valence-electron chi connectivity index (χ3n) is 1.48. The van der Waals surface area contributed by atoms with Crippen molar-refractivity contribution in [3.8, 4) is 0 Å². The number of aromatic nitrogens is 4. The van der Waals surface area contributed by atoms with Gasteiger partial charge in [0.2, 0.25) is 0 Å². The van der Waals surface area contributed by atoms with Crippen LogP contribution in [0, 0.1) is 6.92 Å². The predicted molar refractivity (Wildman–Crippen MR) is 40.8 cm³/mol. The van der Waals surface area contributed by atoms with Crippen LogP contribution in [0.4, 0.5) is 5.95 Å². The Kier molecular flexibility index (Phi) is 1.06. The molecule has 0 spiro atoms. The second-order valence-electron chi connectivity index (χ2n) is 2.28. The van der Waals surface area contributed by atoms with Crippen LogP contribution in [0.3, 0.4) is 0 Å². The molecule has 0 saturated heterocycles. The highest BCUT2D eigenvalue weighted by atomic mass is 15.1. The van der Waals surface area contributed by atoms with Crippen molar-refractivity contribution in [2.75, 3.05) is 5.73 Å². The maximum absolute atomic E-state index is 5.42. The number of rotatable bonds is 0. The molecule has 0 atom stereocenters. The zero-order valence-electron chi connectivity index (χ0n) is 6.00. The van der Waals surface area contributed by atoms with E-state index >= 15 is 0 Å². The molecule has 0 unspecified atom stereocenters. The summed E-state index contributed by atoms with van der Waals surface area (Å²) >= 11 is 0. The molecule has 0 saturated carbocycles. The van der Waals surface area contributed by atoms with Gasteiger partial charge in [-0.3, -0.25) is 0 Å². The summed E-state index contributed by atoms with van der Waals surface area (Å²) in [6.45, 7) is 1.87. The molecule has 0 fully saturated rings. The van der Waals surface area contributed by atoms with Gasteiger partial charge in [0.05, 0.1) is 5.69 Å². The SMILES string of the molecule is Cc1ncnc2[nH]c(N)nc12. The lowest BCUT2D eigenvalue weighted by Crippen LogP contribution is -1.85. The lowest BCUT2D eigenvalue weighted by atomic mass is 10.4. The van der Waals surface area contributed by atoms with Crippen LogP contribution in [0.1, 0.15) is 5.69 Å². The molecule has 2 aromatic rings. The van der Waals surface area contributed by atoms with Gasteiger partial charge < -0.3 is 10.7 Å². The summed E-state index contributed by atoms with van der Waals surface area (Å²) < 4.78 is 0. The Hall–Kier alpha value is -1.65. The number of nitrogens with zero attached hydrogens (tertiary/aromatic N) is 3. The van der Waals surface area contributed by atoms with Crippen LogP contribution in [-0.4, -0.2) is 19.9 Å². The van der Waals surface area contributed by atoms with Crippen molar-refractivity contribution in [2.24, 2.45) is 0 Å². The Morgan fingerprint density at radius 1 is 1.45 bits per heavy atom. The molecule has 3 N–H and O–H groups in total. The highest BCUT2D eigenvalue weighted by Gasteiger charge is 2.02. The first kappa shape index (κ1) is 6.09. The van der Waals surface area contributed by atoms with Crippen LogP contribution in [0.5, 0.6) is 0 Å². The number of aryl methyl sites for hydroxylation is 1.